The summed E-state index contributed by atoms with van der Waals surface area (Å²) in [6, 6.07) is 7.31. The van der Waals surface area contributed by atoms with Gasteiger partial charge in [-0.05, 0) is 79.1 Å². The first-order valence-electron chi connectivity index (χ1n) is 8.30. The summed E-state index contributed by atoms with van der Waals surface area (Å²) < 4.78 is 1.45. The number of aromatic nitrogens is 2. The van der Waals surface area contributed by atoms with Crippen molar-refractivity contribution in [2.75, 3.05) is 0 Å². The van der Waals surface area contributed by atoms with Crippen LogP contribution in [0.25, 0.3) is 16.6 Å². The van der Waals surface area contributed by atoms with Crippen LogP contribution in [-0.2, 0) is 0 Å². The number of carbonyl (C=O) groups excluding carboxylic acids is 1. The van der Waals surface area contributed by atoms with E-state index in [1.54, 1.807) is 12.4 Å². The summed E-state index contributed by atoms with van der Waals surface area (Å²) >= 11 is 0. The van der Waals surface area contributed by atoms with Crippen molar-refractivity contribution in [1.29, 1.82) is 0 Å². The van der Waals surface area contributed by atoms with E-state index in [1.807, 2.05) is 32.0 Å². The van der Waals surface area contributed by atoms with Crippen LogP contribution in [0, 0.1) is 13.8 Å². The molecule has 0 amide bonds. The molecule has 0 unspecified atom stereocenters. The van der Waals surface area contributed by atoms with Gasteiger partial charge in [-0.25, -0.2) is 0 Å². The summed E-state index contributed by atoms with van der Waals surface area (Å²) in [5, 5.41) is 11.3. The molecule has 0 bridgehead atoms. The van der Waals surface area contributed by atoms with Crippen LogP contribution in [0.3, 0.4) is 0 Å². The van der Waals surface area contributed by atoms with Crippen LogP contribution >= 0.6 is 0 Å². The van der Waals surface area contributed by atoms with Gasteiger partial charge in [0.2, 0.25) is 0 Å². The Labute approximate surface area is 193 Å². The van der Waals surface area contributed by atoms with Crippen molar-refractivity contribution in [3.8, 4) is 11.1 Å². The molecule has 0 atom stereocenters. The van der Waals surface area contributed by atoms with Gasteiger partial charge < -0.3 is 9.90 Å². The Morgan fingerprint density at radius 3 is 2.58 bits per heavy atom. The Morgan fingerprint density at radius 1 is 1.23 bits per heavy atom. The molecule has 6 heteroatoms. The van der Waals surface area contributed by atoms with Gasteiger partial charge in [0.15, 0.2) is 0 Å². The van der Waals surface area contributed by atoms with Crippen molar-refractivity contribution in [2.24, 2.45) is 0 Å². The minimum Gasteiger partial charge on any atom is -0.545 e. The number of hydrogen-bond donors (Lipinski definition) is 0. The van der Waals surface area contributed by atoms with Crippen LogP contribution in [0.15, 0.2) is 41.5 Å². The molecular formula is C20H17KN2O3. The zero-order valence-corrected chi connectivity index (χ0v) is 18.2. The van der Waals surface area contributed by atoms with Crippen LogP contribution in [0.5, 0.6) is 0 Å². The van der Waals surface area contributed by atoms with E-state index in [2.05, 4.69) is 4.98 Å². The van der Waals surface area contributed by atoms with Gasteiger partial charge in [0.1, 0.15) is 0 Å². The molecule has 4 rings (SSSR count). The molecule has 0 radical (unpaired) electrons. The number of carboxylic acid groups (broad SMARTS) is 1. The summed E-state index contributed by atoms with van der Waals surface area (Å²) in [6.45, 7) is 3.91. The third kappa shape index (κ3) is 3.32. The molecule has 126 valence electrons. The van der Waals surface area contributed by atoms with Gasteiger partial charge >= 0.3 is 51.4 Å². The van der Waals surface area contributed by atoms with E-state index in [0.717, 1.165) is 46.3 Å². The topological polar surface area (TPSA) is 74.5 Å². The molecule has 1 aliphatic carbocycles. The Hall–Kier alpha value is -1.31. The summed E-state index contributed by atoms with van der Waals surface area (Å²) in [5.41, 5.74) is 4.86. The van der Waals surface area contributed by atoms with Crippen molar-refractivity contribution in [1.82, 2.24) is 9.38 Å². The van der Waals surface area contributed by atoms with Crippen LogP contribution in [0.1, 0.15) is 45.9 Å². The Bertz CT molecular complexity index is 1080. The molecule has 0 spiro atoms. The van der Waals surface area contributed by atoms with Crippen molar-refractivity contribution >= 4 is 11.5 Å². The molecule has 1 saturated carbocycles. The largest absolute Gasteiger partial charge is 1.00 e. The van der Waals surface area contributed by atoms with Crippen molar-refractivity contribution in [2.45, 2.75) is 32.6 Å². The van der Waals surface area contributed by atoms with Crippen LogP contribution in [-0.4, -0.2) is 15.4 Å². The third-order valence-corrected chi connectivity index (χ3v) is 4.86. The van der Waals surface area contributed by atoms with E-state index in [9.17, 15) is 14.7 Å². The monoisotopic (exact) mass is 372 g/mol. The van der Waals surface area contributed by atoms with E-state index in [-0.39, 0.29) is 56.9 Å². The number of rotatable bonds is 3. The molecular weight excluding hydrogens is 355 g/mol. The Balaban J connectivity index is 0.00000196. The second kappa shape index (κ2) is 7.36. The van der Waals surface area contributed by atoms with Crippen LogP contribution in [0.2, 0.25) is 0 Å². The molecule has 3 aromatic heterocycles. The maximum atomic E-state index is 12.6. The molecule has 0 N–H and O–H groups in total. The van der Waals surface area contributed by atoms with Gasteiger partial charge in [0.25, 0.3) is 5.56 Å². The second-order valence-electron chi connectivity index (χ2n) is 6.64. The van der Waals surface area contributed by atoms with Crippen LogP contribution in [0.4, 0.5) is 0 Å². The molecule has 3 aromatic rings. The van der Waals surface area contributed by atoms with Gasteiger partial charge in [0, 0.05) is 18.1 Å². The first-order chi connectivity index (χ1) is 12.0. The SMILES string of the molecule is Cc1cc(-c2ccn3c(=O)c(C(=O)[O-])cc(C4CC4)c3c2C)ccn1.[K+]. The van der Waals surface area contributed by atoms with E-state index in [0.29, 0.717) is 5.92 Å². The van der Waals surface area contributed by atoms with Gasteiger partial charge in [-0.1, -0.05) is 0 Å². The van der Waals surface area contributed by atoms with Crippen molar-refractivity contribution < 1.29 is 61.3 Å². The van der Waals surface area contributed by atoms with Crippen LogP contribution < -0.4 is 62.1 Å². The number of fused-ring (bicyclic) bond motifs is 1. The fraction of sp³-hybridized carbons (Fsp3) is 0.250. The maximum absolute atomic E-state index is 12.6. The number of carbonyl (C=O) groups is 1. The van der Waals surface area contributed by atoms with E-state index >= 15 is 0 Å². The van der Waals surface area contributed by atoms with Gasteiger partial charge in [-0.2, -0.15) is 0 Å². The summed E-state index contributed by atoms with van der Waals surface area (Å²) in [4.78, 5) is 28.1. The molecule has 26 heavy (non-hydrogen) atoms. The fourth-order valence-electron chi connectivity index (χ4n) is 3.47. The second-order valence-corrected chi connectivity index (χ2v) is 6.64. The number of nitrogens with zero attached hydrogens (tertiary/aromatic N) is 2. The Morgan fingerprint density at radius 2 is 1.96 bits per heavy atom. The average molecular weight is 372 g/mol. The Kier molecular flexibility index (Phi) is 5.51. The molecule has 5 nitrogen and oxygen atoms in total. The maximum Gasteiger partial charge on any atom is 1.00 e. The molecule has 3 heterocycles. The third-order valence-electron chi connectivity index (χ3n) is 4.86. The normalized spacial score (nSPS) is 13.5. The first-order valence-corrected chi connectivity index (χ1v) is 8.30. The smallest absolute Gasteiger partial charge is 0.545 e. The zero-order valence-electron chi connectivity index (χ0n) is 15.1. The van der Waals surface area contributed by atoms with Crippen molar-refractivity contribution in [3.63, 3.8) is 0 Å². The van der Waals surface area contributed by atoms with E-state index in [1.165, 1.54) is 10.5 Å². The summed E-state index contributed by atoms with van der Waals surface area (Å²) in [6.07, 6.45) is 5.45. The number of carboxylic acids is 1. The fourth-order valence-corrected chi connectivity index (χ4v) is 3.47. The molecule has 0 aliphatic heterocycles. The first kappa shape index (κ1) is 19.4. The van der Waals surface area contributed by atoms with E-state index in [4.69, 9.17) is 0 Å². The van der Waals surface area contributed by atoms with Gasteiger partial charge in [-0.3, -0.25) is 14.2 Å². The van der Waals surface area contributed by atoms with Gasteiger partial charge in [0.05, 0.1) is 17.0 Å². The number of pyridine rings is 3. The molecule has 0 saturated heterocycles. The molecule has 0 aromatic carbocycles. The van der Waals surface area contributed by atoms with Crippen molar-refractivity contribution in [3.05, 3.63) is 69.4 Å². The number of aromatic carboxylic acids is 1. The number of aryl methyl sites for hydroxylation is 2. The molecule has 1 aliphatic rings. The average Bonchev–Trinajstić information content (AvgIpc) is 3.40. The standard InChI is InChI=1S/C20H18N2O3.K/c1-11-9-14(5-7-21-11)15-6-8-22-18(12(15)2)16(13-3-4-13)10-17(19(22)23)20(24)25;/h5-10,13H,3-4H2,1-2H3,(H,24,25);/q;+1/p-1. The number of hydrogen-bond acceptors (Lipinski definition) is 4. The predicted molar refractivity (Wildman–Crippen MR) is 92.7 cm³/mol. The summed E-state index contributed by atoms with van der Waals surface area (Å²) in [5.74, 6) is -1.12. The minimum absolute atomic E-state index is 0. The zero-order chi connectivity index (χ0) is 17.7. The summed E-state index contributed by atoms with van der Waals surface area (Å²) in [7, 11) is 0. The predicted octanol–water partition coefficient (Wildman–Crippen LogP) is -0.777. The quantitative estimate of drug-likeness (QED) is 0.566. The van der Waals surface area contributed by atoms with Gasteiger partial charge in [-0.15, -0.1) is 0 Å². The minimum atomic E-state index is -1.42. The van der Waals surface area contributed by atoms with E-state index < -0.39 is 11.5 Å². The molecule has 1 fully saturated rings.